The lowest BCUT2D eigenvalue weighted by Gasteiger charge is -2.38. The molecule has 1 saturated heterocycles. The van der Waals surface area contributed by atoms with Crippen molar-refractivity contribution in [2.45, 2.75) is 52.5 Å². The van der Waals surface area contributed by atoms with E-state index in [0.29, 0.717) is 0 Å². The maximum Gasteiger partial charge on any atom is 0.100 e. The molecule has 0 bridgehead atoms. The summed E-state index contributed by atoms with van der Waals surface area (Å²) in [4.78, 5) is 7.09. The summed E-state index contributed by atoms with van der Waals surface area (Å²) in [7, 11) is 0. The number of aromatic nitrogens is 1. The van der Waals surface area contributed by atoms with Crippen molar-refractivity contribution >= 4 is 11.3 Å². The van der Waals surface area contributed by atoms with Gasteiger partial charge in [-0.15, -0.1) is 0 Å². The fraction of sp³-hybridized carbons (Fsp3) is 0.565. The molecule has 5 heteroatoms. The lowest BCUT2D eigenvalue weighted by Crippen LogP contribution is -2.42. The molecule has 28 heavy (non-hydrogen) atoms. The van der Waals surface area contributed by atoms with Gasteiger partial charge in [0.15, 0.2) is 0 Å². The summed E-state index contributed by atoms with van der Waals surface area (Å²) in [6.07, 6.45) is 5.14. The number of thiophene rings is 1. The van der Waals surface area contributed by atoms with Crippen LogP contribution in [0.2, 0.25) is 0 Å². The quantitative estimate of drug-likeness (QED) is 0.634. The van der Waals surface area contributed by atoms with Crippen molar-refractivity contribution in [1.29, 1.82) is 5.26 Å². The van der Waals surface area contributed by atoms with Gasteiger partial charge in [0.1, 0.15) is 6.07 Å². The van der Waals surface area contributed by atoms with Crippen molar-refractivity contribution in [3.05, 3.63) is 51.5 Å². The van der Waals surface area contributed by atoms with Crippen LogP contribution in [0, 0.1) is 23.7 Å². The van der Waals surface area contributed by atoms with Gasteiger partial charge in [-0.1, -0.05) is 6.07 Å². The predicted octanol–water partition coefficient (Wildman–Crippen LogP) is 4.92. The number of hydrogen-bond donors (Lipinski definition) is 0. The Labute approximate surface area is 173 Å². The molecule has 1 atom stereocenters. The maximum atomic E-state index is 9.32. The molecule has 150 valence electrons. The summed E-state index contributed by atoms with van der Waals surface area (Å²) in [5, 5.41) is 13.4. The fourth-order valence-corrected chi connectivity index (χ4v) is 4.97. The largest absolute Gasteiger partial charge is 0.381 e. The molecule has 4 nitrogen and oxygen atoms in total. The summed E-state index contributed by atoms with van der Waals surface area (Å²) < 4.78 is 5.93. The Morgan fingerprint density at radius 2 is 2.18 bits per heavy atom. The molecule has 2 aromatic rings. The Morgan fingerprint density at radius 1 is 1.36 bits per heavy atom. The molecule has 2 aromatic heterocycles. The van der Waals surface area contributed by atoms with E-state index in [-0.39, 0.29) is 11.0 Å². The number of likely N-dealkylation sites (tertiary alicyclic amines) is 1. The van der Waals surface area contributed by atoms with Crippen molar-refractivity contribution in [1.82, 2.24) is 9.88 Å². The van der Waals surface area contributed by atoms with E-state index in [4.69, 9.17) is 4.74 Å². The third-order valence-electron chi connectivity index (χ3n) is 6.25. The highest BCUT2D eigenvalue weighted by Gasteiger charge is 2.43. The highest BCUT2D eigenvalue weighted by Crippen LogP contribution is 2.42. The van der Waals surface area contributed by atoms with Gasteiger partial charge in [-0.2, -0.15) is 16.6 Å². The minimum Gasteiger partial charge on any atom is -0.381 e. The number of aryl methyl sites for hydroxylation is 2. The van der Waals surface area contributed by atoms with Gasteiger partial charge in [-0.05, 0) is 76.1 Å². The Kier molecular flexibility index (Phi) is 6.54. The smallest absolute Gasteiger partial charge is 0.100 e. The van der Waals surface area contributed by atoms with Crippen LogP contribution in [0.5, 0.6) is 0 Å². The first-order valence-corrected chi connectivity index (χ1v) is 11.1. The van der Waals surface area contributed by atoms with Crippen LogP contribution in [-0.2, 0) is 16.7 Å². The summed E-state index contributed by atoms with van der Waals surface area (Å²) in [5.74, 6) is 0. The number of pyridine rings is 1. The Hall–Kier alpha value is -1.74. The molecule has 1 aliphatic heterocycles. The van der Waals surface area contributed by atoms with Gasteiger partial charge in [0.05, 0.1) is 12.2 Å². The average Bonchev–Trinajstić information content (AvgIpc) is 3.33. The minimum absolute atomic E-state index is 0.0607. The van der Waals surface area contributed by atoms with Crippen LogP contribution >= 0.6 is 11.3 Å². The Morgan fingerprint density at radius 3 is 2.86 bits per heavy atom. The Bertz CT molecular complexity index is 821. The van der Waals surface area contributed by atoms with Gasteiger partial charge in [0.25, 0.3) is 0 Å². The zero-order chi connectivity index (χ0) is 20.2. The second-order valence-electron chi connectivity index (χ2n) is 8.48. The third-order valence-corrected chi connectivity index (χ3v) is 7.04. The monoisotopic (exact) mass is 397 g/mol. The molecule has 1 fully saturated rings. The molecule has 0 amide bonds. The summed E-state index contributed by atoms with van der Waals surface area (Å²) in [5.41, 5.74) is 4.40. The van der Waals surface area contributed by atoms with E-state index in [2.05, 4.69) is 54.2 Å². The average molecular weight is 398 g/mol. The van der Waals surface area contributed by atoms with Crippen LogP contribution < -0.4 is 0 Å². The van der Waals surface area contributed by atoms with Crippen LogP contribution in [0.1, 0.15) is 56.0 Å². The number of hydrogen-bond acceptors (Lipinski definition) is 5. The predicted molar refractivity (Wildman–Crippen MR) is 114 cm³/mol. The summed E-state index contributed by atoms with van der Waals surface area (Å²) >= 11 is 1.62. The van der Waals surface area contributed by atoms with Crippen molar-refractivity contribution in [2.75, 3.05) is 26.3 Å². The molecule has 1 unspecified atom stereocenters. The first-order chi connectivity index (χ1) is 13.4. The zero-order valence-corrected chi connectivity index (χ0v) is 18.3. The van der Waals surface area contributed by atoms with E-state index in [1.807, 2.05) is 18.5 Å². The maximum absolute atomic E-state index is 9.32. The molecule has 1 aliphatic rings. The number of rotatable bonds is 8. The zero-order valence-electron chi connectivity index (χ0n) is 17.5. The summed E-state index contributed by atoms with van der Waals surface area (Å²) in [6, 6.07) is 6.63. The molecule has 0 N–H and O–H groups in total. The van der Waals surface area contributed by atoms with Crippen LogP contribution in [0.15, 0.2) is 29.1 Å². The topological polar surface area (TPSA) is 49.1 Å². The molecular formula is C23H31N3OS. The first-order valence-electron chi connectivity index (χ1n) is 10.1. The van der Waals surface area contributed by atoms with Gasteiger partial charge in [0.2, 0.25) is 0 Å². The van der Waals surface area contributed by atoms with Gasteiger partial charge in [-0.25, -0.2) is 0 Å². The number of nitrogens with zero attached hydrogens (tertiary/aromatic N) is 3. The van der Waals surface area contributed by atoms with E-state index >= 15 is 0 Å². The SMILES string of the molecule is CCOCC1(CCc2cscc2C#N)CCN(C(C)(C)c2ccc(C)nc2)C1. The third kappa shape index (κ3) is 4.46. The normalized spacial score (nSPS) is 20.4. The molecule has 0 radical (unpaired) electrons. The summed E-state index contributed by atoms with van der Waals surface area (Å²) in [6.45, 7) is 12.3. The standard InChI is InChI=1S/C23H31N3OS/c1-5-27-17-23(9-8-19-14-28-15-20(19)12-24)10-11-26(16-23)22(3,4)21-7-6-18(2)25-13-21/h6-7,13-15H,5,8-11,16-17H2,1-4H3. The van der Waals surface area contributed by atoms with Crippen LogP contribution in [0.25, 0.3) is 0 Å². The molecule has 3 heterocycles. The van der Waals surface area contributed by atoms with E-state index in [9.17, 15) is 5.26 Å². The van der Waals surface area contributed by atoms with E-state index in [0.717, 1.165) is 56.8 Å². The van der Waals surface area contributed by atoms with Crippen molar-refractivity contribution in [3.63, 3.8) is 0 Å². The second kappa shape index (κ2) is 8.73. The van der Waals surface area contributed by atoms with Gasteiger partial charge in [0, 0.05) is 41.4 Å². The second-order valence-corrected chi connectivity index (χ2v) is 9.22. The minimum atomic E-state index is -0.0607. The van der Waals surface area contributed by atoms with E-state index in [1.165, 1.54) is 11.1 Å². The van der Waals surface area contributed by atoms with Gasteiger partial charge < -0.3 is 4.74 Å². The van der Waals surface area contributed by atoms with Gasteiger partial charge in [-0.3, -0.25) is 9.88 Å². The highest BCUT2D eigenvalue weighted by molar-refractivity contribution is 7.08. The lowest BCUT2D eigenvalue weighted by molar-refractivity contribution is 0.0385. The molecule has 0 aliphatic carbocycles. The molecule has 3 rings (SSSR count). The molecule has 0 saturated carbocycles. The molecule has 0 aromatic carbocycles. The lowest BCUT2D eigenvalue weighted by atomic mass is 9.81. The highest BCUT2D eigenvalue weighted by atomic mass is 32.1. The van der Waals surface area contributed by atoms with E-state index in [1.54, 1.807) is 11.3 Å². The van der Waals surface area contributed by atoms with Crippen molar-refractivity contribution < 1.29 is 4.74 Å². The van der Waals surface area contributed by atoms with Gasteiger partial charge >= 0.3 is 0 Å². The Balaban J connectivity index is 1.75. The van der Waals surface area contributed by atoms with E-state index < -0.39 is 0 Å². The van der Waals surface area contributed by atoms with Crippen LogP contribution in [0.3, 0.4) is 0 Å². The first kappa shape index (κ1) is 21.0. The molecular weight excluding hydrogens is 366 g/mol. The number of nitriles is 1. The van der Waals surface area contributed by atoms with Crippen LogP contribution in [0.4, 0.5) is 0 Å². The van der Waals surface area contributed by atoms with Crippen LogP contribution in [-0.4, -0.2) is 36.2 Å². The van der Waals surface area contributed by atoms with Crippen molar-refractivity contribution in [2.24, 2.45) is 5.41 Å². The fourth-order valence-electron chi connectivity index (χ4n) is 4.15. The molecule has 0 spiro atoms. The number of ether oxygens (including phenoxy) is 1. The van der Waals surface area contributed by atoms with Crippen molar-refractivity contribution in [3.8, 4) is 6.07 Å².